The number of fused-ring (bicyclic) bond motifs is 1. The zero-order chi connectivity index (χ0) is 13.5. The molecule has 1 aromatic rings. The Morgan fingerprint density at radius 1 is 1.05 bits per heavy atom. The molecule has 19 heavy (non-hydrogen) atoms. The van der Waals surface area contributed by atoms with Crippen molar-refractivity contribution in [2.24, 2.45) is 23.2 Å². The number of hydrogen-bond acceptors (Lipinski definition) is 0. The summed E-state index contributed by atoms with van der Waals surface area (Å²) >= 11 is 0. The van der Waals surface area contributed by atoms with Gasteiger partial charge in [0.2, 0.25) is 0 Å². The monoisotopic (exact) mass is 254 g/mol. The van der Waals surface area contributed by atoms with Gasteiger partial charge in [0.15, 0.2) is 0 Å². The van der Waals surface area contributed by atoms with Crippen molar-refractivity contribution in [1.82, 2.24) is 0 Å². The third-order valence-electron chi connectivity index (χ3n) is 5.73. The van der Waals surface area contributed by atoms with E-state index in [4.69, 9.17) is 0 Å². The molecule has 0 aliphatic heterocycles. The first-order chi connectivity index (χ1) is 9.16. The van der Waals surface area contributed by atoms with E-state index in [1.807, 2.05) is 0 Å². The van der Waals surface area contributed by atoms with Gasteiger partial charge in [0.05, 0.1) is 0 Å². The molecule has 0 spiro atoms. The van der Waals surface area contributed by atoms with E-state index in [1.54, 1.807) is 5.56 Å². The Labute approximate surface area is 117 Å². The van der Waals surface area contributed by atoms with Crippen LogP contribution in [0.5, 0.6) is 0 Å². The smallest absolute Gasteiger partial charge is 0.00737 e. The lowest BCUT2D eigenvalue weighted by Gasteiger charge is -2.34. The maximum atomic E-state index is 2.49. The zero-order valence-electron chi connectivity index (χ0n) is 12.5. The second-order valence-electron chi connectivity index (χ2n) is 7.02. The third kappa shape index (κ3) is 1.96. The molecule has 0 saturated heterocycles. The van der Waals surface area contributed by atoms with Crippen LogP contribution in [0, 0.1) is 23.2 Å². The molecule has 0 nitrogen and oxygen atoms in total. The minimum absolute atomic E-state index is 0.392. The largest absolute Gasteiger partial charge is 0.0914 e. The van der Waals surface area contributed by atoms with Crippen LogP contribution < -0.4 is 0 Å². The van der Waals surface area contributed by atoms with Crippen molar-refractivity contribution in [3.05, 3.63) is 48.0 Å². The SMILES string of the molecule is C/C=C/C1C2CCCC2C(c2ccccc2)C1(C)C. The van der Waals surface area contributed by atoms with E-state index in [1.165, 1.54) is 19.3 Å². The molecule has 0 amide bonds. The summed E-state index contributed by atoms with van der Waals surface area (Å²) in [5, 5.41) is 0. The van der Waals surface area contributed by atoms with Crippen LogP contribution in [0.2, 0.25) is 0 Å². The molecule has 4 atom stereocenters. The van der Waals surface area contributed by atoms with Crippen molar-refractivity contribution in [3.8, 4) is 0 Å². The summed E-state index contributed by atoms with van der Waals surface area (Å²) in [6.07, 6.45) is 9.07. The summed E-state index contributed by atoms with van der Waals surface area (Å²) in [5.41, 5.74) is 1.96. The second kappa shape index (κ2) is 4.81. The van der Waals surface area contributed by atoms with Gasteiger partial charge in [0.25, 0.3) is 0 Å². The van der Waals surface area contributed by atoms with Gasteiger partial charge in [-0.05, 0) is 54.4 Å². The fourth-order valence-electron chi connectivity index (χ4n) is 5.12. The van der Waals surface area contributed by atoms with E-state index in [0.717, 1.165) is 23.7 Å². The fraction of sp³-hybridized carbons (Fsp3) is 0.579. The number of rotatable bonds is 2. The standard InChI is InChI=1S/C19H26/c1-4-9-17-15-12-8-13-16(15)18(19(17,2)3)14-10-6-5-7-11-14/h4-7,9-11,15-18H,8,12-13H2,1-3H3/b9-4+. The highest BCUT2D eigenvalue weighted by atomic mass is 14.6. The molecule has 0 N–H and O–H groups in total. The maximum Gasteiger partial charge on any atom is -0.00737 e. The van der Waals surface area contributed by atoms with Crippen molar-refractivity contribution in [2.75, 3.05) is 0 Å². The molecule has 2 aliphatic carbocycles. The van der Waals surface area contributed by atoms with Gasteiger partial charge in [-0.2, -0.15) is 0 Å². The molecule has 0 heteroatoms. The number of allylic oxidation sites excluding steroid dienone is 2. The molecule has 1 aromatic carbocycles. The molecular formula is C19H26. The second-order valence-corrected chi connectivity index (χ2v) is 7.02. The van der Waals surface area contributed by atoms with Crippen LogP contribution in [-0.2, 0) is 0 Å². The molecule has 2 saturated carbocycles. The summed E-state index contributed by atoms with van der Waals surface area (Å²) in [7, 11) is 0. The van der Waals surface area contributed by atoms with E-state index in [-0.39, 0.29) is 0 Å². The van der Waals surface area contributed by atoms with Gasteiger partial charge in [0, 0.05) is 0 Å². The average Bonchev–Trinajstić information content (AvgIpc) is 2.92. The van der Waals surface area contributed by atoms with Crippen LogP contribution in [0.15, 0.2) is 42.5 Å². The summed E-state index contributed by atoms with van der Waals surface area (Å²) in [4.78, 5) is 0. The van der Waals surface area contributed by atoms with Crippen LogP contribution in [0.3, 0.4) is 0 Å². The third-order valence-corrected chi connectivity index (χ3v) is 5.73. The highest BCUT2D eigenvalue weighted by Crippen LogP contribution is 2.64. The van der Waals surface area contributed by atoms with E-state index >= 15 is 0 Å². The summed E-state index contributed by atoms with van der Waals surface area (Å²) in [6, 6.07) is 11.2. The Bertz CT molecular complexity index is 454. The molecule has 102 valence electrons. The van der Waals surface area contributed by atoms with Crippen molar-refractivity contribution >= 4 is 0 Å². The summed E-state index contributed by atoms with van der Waals surface area (Å²) in [6.45, 7) is 7.16. The Morgan fingerprint density at radius 2 is 1.74 bits per heavy atom. The highest BCUT2D eigenvalue weighted by molar-refractivity contribution is 5.28. The maximum absolute atomic E-state index is 2.49. The van der Waals surface area contributed by atoms with Crippen LogP contribution >= 0.6 is 0 Å². The topological polar surface area (TPSA) is 0 Å². The fourth-order valence-corrected chi connectivity index (χ4v) is 5.12. The van der Waals surface area contributed by atoms with Gasteiger partial charge >= 0.3 is 0 Å². The van der Waals surface area contributed by atoms with Gasteiger partial charge in [0.1, 0.15) is 0 Å². The van der Waals surface area contributed by atoms with Crippen LogP contribution in [-0.4, -0.2) is 0 Å². The molecule has 2 aliphatic rings. The first-order valence-electron chi connectivity index (χ1n) is 7.84. The van der Waals surface area contributed by atoms with Gasteiger partial charge in [-0.3, -0.25) is 0 Å². The van der Waals surface area contributed by atoms with Crippen LogP contribution in [0.1, 0.15) is 51.5 Å². The normalized spacial score (nSPS) is 36.8. The molecule has 0 heterocycles. The Hall–Kier alpha value is -1.04. The molecule has 2 fully saturated rings. The molecule has 4 unspecified atom stereocenters. The van der Waals surface area contributed by atoms with Crippen molar-refractivity contribution in [2.45, 2.75) is 46.0 Å². The summed E-state index contributed by atoms with van der Waals surface area (Å²) in [5.74, 6) is 3.31. The van der Waals surface area contributed by atoms with E-state index < -0.39 is 0 Å². The number of benzene rings is 1. The Morgan fingerprint density at radius 3 is 2.42 bits per heavy atom. The number of hydrogen-bond donors (Lipinski definition) is 0. The Balaban J connectivity index is 2.03. The first-order valence-corrected chi connectivity index (χ1v) is 7.84. The van der Waals surface area contributed by atoms with Crippen LogP contribution in [0.4, 0.5) is 0 Å². The lowest BCUT2D eigenvalue weighted by Crippen LogP contribution is -2.25. The molecule has 0 bridgehead atoms. The average molecular weight is 254 g/mol. The minimum atomic E-state index is 0.392. The van der Waals surface area contributed by atoms with Gasteiger partial charge in [-0.25, -0.2) is 0 Å². The minimum Gasteiger partial charge on any atom is -0.0914 e. The molecule has 0 radical (unpaired) electrons. The lowest BCUT2D eigenvalue weighted by atomic mass is 9.70. The van der Waals surface area contributed by atoms with E-state index in [2.05, 4.69) is 63.3 Å². The van der Waals surface area contributed by atoms with Gasteiger partial charge in [-0.1, -0.05) is 62.8 Å². The molecule has 0 aromatic heterocycles. The van der Waals surface area contributed by atoms with Crippen LogP contribution in [0.25, 0.3) is 0 Å². The van der Waals surface area contributed by atoms with Gasteiger partial charge in [-0.15, -0.1) is 0 Å². The predicted molar refractivity (Wildman–Crippen MR) is 82.1 cm³/mol. The van der Waals surface area contributed by atoms with Crippen molar-refractivity contribution in [1.29, 1.82) is 0 Å². The predicted octanol–water partition coefficient (Wildman–Crippen LogP) is 5.42. The highest BCUT2D eigenvalue weighted by Gasteiger charge is 2.55. The summed E-state index contributed by atoms with van der Waals surface area (Å²) < 4.78 is 0. The molecule has 3 rings (SSSR count). The van der Waals surface area contributed by atoms with Crippen molar-refractivity contribution < 1.29 is 0 Å². The zero-order valence-corrected chi connectivity index (χ0v) is 12.5. The van der Waals surface area contributed by atoms with E-state index in [0.29, 0.717) is 5.41 Å². The van der Waals surface area contributed by atoms with Gasteiger partial charge < -0.3 is 0 Å². The van der Waals surface area contributed by atoms with E-state index in [9.17, 15) is 0 Å². The lowest BCUT2D eigenvalue weighted by molar-refractivity contribution is 0.238. The molecular weight excluding hydrogens is 228 g/mol. The Kier molecular flexibility index (Phi) is 3.28. The van der Waals surface area contributed by atoms with Crippen molar-refractivity contribution in [3.63, 3.8) is 0 Å². The quantitative estimate of drug-likeness (QED) is 0.618. The first kappa shape index (κ1) is 13.0.